The molecule has 5 heteroatoms. The molecule has 0 amide bonds. The number of aliphatic hydroxyl groups excluding tert-OH is 1. The first-order chi connectivity index (χ1) is 6.33. The summed E-state index contributed by atoms with van der Waals surface area (Å²) in [5, 5.41) is 30.0. The second-order valence-electron chi connectivity index (χ2n) is 4.61. The van der Waals surface area contributed by atoms with Crippen LogP contribution in [0.5, 0.6) is 0 Å². The lowest BCUT2D eigenvalue weighted by atomic mass is 10.0. The average Bonchev–Trinajstić information content (AvgIpc) is 2.48. The minimum absolute atomic E-state index is 0.0218. The minimum Gasteiger partial charge on any atom is -0.385 e. The molecule has 3 N–H and O–H groups in total. The molecule has 0 aromatic rings. The molecule has 14 heavy (non-hydrogen) atoms. The summed E-state index contributed by atoms with van der Waals surface area (Å²) < 4.78 is 9.98. The normalized spacial score (nSPS) is 55.3. The first-order valence-electron chi connectivity index (χ1n) is 4.60. The third-order valence-electron chi connectivity index (χ3n) is 3.93. The Kier molecular flexibility index (Phi) is 1.83. The van der Waals surface area contributed by atoms with Gasteiger partial charge < -0.3 is 24.8 Å². The molecule has 2 aliphatic rings. The van der Waals surface area contributed by atoms with Gasteiger partial charge in [-0.2, -0.15) is 0 Å². The van der Waals surface area contributed by atoms with Gasteiger partial charge in [-0.25, -0.2) is 0 Å². The SMILES string of the molecule is CO[C@H]1OC[C@@]2(O)C(C)(C)[C@@]2(O)[C@H]1O. The summed E-state index contributed by atoms with van der Waals surface area (Å²) in [5.74, 6) is 0. The molecule has 2 fully saturated rings. The number of ether oxygens (including phenoxy) is 2. The Hall–Kier alpha value is -0.200. The van der Waals surface area contributed by atoms with Gasteiger partial charge in [0.2, 0.25) is 0 Å². The van der Waals surface area contributed by atoms with Crippen LogP contribution < -0.4 is 0 Å². The fourth-order valence-electron chi connectivity index (χ4n) is 2.55. The molecule has 0 bridgehead atoms. The maximum atomic E-state index is 10.1. The zero-order valence-electron chi connectivity index (χ0n) is 8.52. The number of hydrogen-bond acceptors (Lipinski definition) is 5. The maximum Gasteiger partial charge on any atom is 0.186 e. The van der Waals surface area contributed by atoms with Gasteiger partial charge in [-0.3, -0.25) is 0 Å². The van der Waals surface area contributed by atoms with Gasteiger partial charge in [0.1, 0.15) is 17.3 Å². The molecule has 0 unspecified atom stereocenters. The second kappa shape index (κ2) is 2.48. The van der Waals surface area contributed by atoms with Crippen LogP contribution in [0.3, 0.4) is 0 Å². The summed E-state index contributed by atoms with van der Waals surface area (Å²) in [4.78, 5) is 0. The molecule has 82 valence electrons. The van der Waals surface area contributed by atoms with Gasteiger partial charge in [-0.05, 0) is 0 Å². The predicted molar refractivity (Wildman–Crippen MR) is 46.4 cm³/mol. The quantitative estimate of drug-likeness (QED) is 0.503. The molecule has 5 nitrogen and oxygen atoms in total. The summed E-state index contributed by atoms with van der Waals surface area (Å²) in [6.45, 7) is 3.36. The van der Waals surface area contributed by atoms with E-state index in [0.29, 0.717) is 0 Å². The van der Waals surface area contributed by atoms with Crippen LogP contribution in [0.25, 0.3) is 0 Å². The highest BCUT2D eigenvalue weighted by atomic mass is 16.7. The summed E-state index contributed by atoms with van der Waals surface area (Å²) in [5.41, 5.74) is -3.67. The van der Waals surface area contributed by atoms with Gasteiger partial charge >= 0.3 is 0 Å². The van der Waals surface area contributed by atoms with Crippen molar-refractivity contribution in [3.63, 3.8) is 0 Å². The van der Waals surface area contributed by atoms with E-state index in [1.54, 1.807) is 13.8 Å². The van der Waals surface area contributed by atoms with Crippen molar-refractivity contribution in [1.29, 1.82) is 0 Å². The Morgan fingerprint density at radius 1 is 1.36 bits per heavy atom. The Labute approximate surface area is 82.3 Å². The zero-order valence-corrected chi connectivity index (χ0v) is 8.52. The molecule has 1 heterocycles. The molecule has 2 rings (SSSR count). The van der Waals surface area contributed by atoms with E-state index in [1.807, 2.05) is 0 Å². The zero-order chi connectivity index (χ0) is 10.8. The Morgan fingerprint density at radius 3 is 2.43 bits per heavy atom. The van der Waals surface area contributed by atoms with Crippen molar-refractivity contribution in [3.8, 4) is 0 Å². The summed E-state index contributed by atoms with van der Waals surface area (Å²) in [7, 11) is 1.39. The molecular formula is C9H16O5. The van der Waals surface area contributed by atoms with Crippen LogP contribution >= 0.6 is 0 Å². The first-order valence-corrected chi connectivity index (χ1v) is 4.60. The van der Waals surface area contributed by atoms with Crippen molar-refractivity contribution in [2.45, 2.75) is 37.4 Å². The molecule has 0 spiro atoms. The van der Waals surface area contributed by atoms with Crippen LogP contribution in [0.2, 0.25) is 0 Å². The number of methoxy groups -OCH3 is 1. The number of aliphatic hydroxyl groups is 3. The van der Waals surface area contributed by atoms with Gasteiger partial charge in [0, 0.05) is 12.5 Å². The molecule has 1 aliphatic carbocycles. The van der Waals surface area contributed by atoms with E-state index in [0.717, 1.165) is 0 Å². The number of fused-ring (bicyclic) bond motifs is 1. The van der Waals surface area contributed by atoms with E-state index in [1.165, 1.54) is 7.11 Å². The van der Waals surface area contributed by atoms with Gasteiger partial charge in [0.15, 0.2) is 6.29 Å². The van der Waals surface area contributed by atoms with E-state index in [-0.39, 0.29) is 6.61 Å². The Bertz CT molecular complexity index is 266. The van der Waals surface area contributed by atoms with Crippen molar-refractivity contribution in [1.82, 2.24) is 0 Å². The molecule has 0 radical (unpaired) electrons. The van der Waals surface area contributed by atoms with E-state index in [2.05, 4.69) is 0 Å². The van der Waals surface area contributed by atoms with E-state index in [9.17, 15) is 15.3 Å². The smallest absolute Gasteiger partial charge is 0.186 e. The van der Waals surface area contributed by atoms with Gasteiger partial charge in [-0.15, -0.1) is 0 Å². The highest BCUT2D eigenvalue weighted by Gasteiger charge is 2.87. The predicted octanol–water partition coefficient (Wildman–Crippen LogP) is -1.15. The molecular weight excluding hydrogens is 188 g/mol. The summed E-state index contributed by atoms with van der Waals surface area (Å²) in [6.07, 6.45) is -2.09. The fourth-order valence-corrected chi connectivity index (χ4v) is 2.55. The monoisotopic (exact) mass is 204 g/mol. The van der Waals surface area contributed by atoms with Crippen LogP contribution in [0.15, 0.2) is 0 Å². The Morgan fingerprint density at radius 2 is 1.93 bits per heavy atom. The van der Waals surface area contributed by atoms with Crippen molar-refractivity contribution in [3.05, 3.63) is 0 Å². The molecule has 1 aliphatic heterocycles. The van der Waals surface area contributed by atoms with Crippen molar-refractivity contribution < 1.29 is 24.8 Å². The lowest BCUT2D eigenvalue weighted by Crippen LogP contribution is -2.53. The van der Waals surface area contributed by atoms with Gasteiger partial charge in [0.25, 0.3) is 0 Å². The standard InChI is InChI=1S/C9H16O5/c1-7(2)8(11)4-14-6(13-3)5(10)9(7,8)12/h5-6,10-12H,4H2,1-3H3/t5-,6-,8+,9-/m0/s1. The van der Waals surface area contributed by atoms with Crippen molar-refractivity contribution >= 4 is 0 Å². The van der Waals surface area contributed by atoms with Gasteiger partial charge in [-0.1, -0.05) is 13.8 Å². The van der Waals surface area contributed by atoms with E-state index >= 15 is 0 Å². The highest BCUT2D eigenvalue weighted by Crippen LogP contribution is 2.68. The fraction of sp³-hybridized carbons (Fsp3) is 1.00. The molecule has 4 atom stereocenters. The molecule has 0 aromatic heterocycles. The first kappa shape index (κ1) is 10.3. The lowest BCUT2D eigenvalue weighted by Gasteiger charge is -2.33. The minimum atomic E-state index is -1.53. The van der Waals surface area contributed by atoms with Crippen molar-refractivity contribution in [2.24, 2.45) is 5.41 Å². The van der Waals surface area contributed by atoms with Crippen molar-refractivity contribution in [2.75, 3.05) is 13.7 Å². The van der Waals surface area contributed by atoms with E-state index < -0.39 is 29.0 Å². The van der Waals surface area contributed by atoms with Crippen LogP contribution in [-0.2, 0) is 9.47 Å². The van der Waals surface area contributed by atoms with Crippen LogP contribution in [0, 0.1) is 5.41 Å². The third kappa shape index (κ3) is 0.751. The second-order valence-corrected chi connectivity index (χ2v) is 4.61. The topological polar surface area (TPSA) is 79.2 Å². The maximum absolute atomic E-state index is 10.1. The highest BCUT2D eigenvalue weighted by molar-refractivity contribution is 5.36. The van der Waals surface area contributed by atoms with Crippen LogP contribution in [0.4, 0.5) is 0 Å². The van der Waals surface area contributed by atoms with Crippen LogP contribution in [-0.4, -0.2) is 52.6 Å². The third-order valence-corrected chi connectivity index (χ3v) is 3.93. The van der Waals surface area contributed by atoms with Crippen LogP contribution in [0.1, 0.15) is 13.8 Å². The lowest BCUT2D eigenvalue weighted by molar-refractivity contribution is -0.262. The molecule has 1 saturated heterocycles. The molecule has 0 aromatic carbocycles. The Balaban J connectivity index is 2.32. The average molecular weight is 204 g/mol. The van der Waals surface area contributed by atoms with Gasteiger partial charge in [0.05, 0.1) is 6.61 Å². The van der Waals surface area contributed by atoms with E-state index in [4.69, 9.17) is 9.47 Å². The summed E-state index contributed by atoms with van der Waals surface area (Å²) in [6, 6.07) is 0. The number of hydrogen-bond donors (Lipinski definition) is 3. The summed E-state index contributed by atoms with van der Waals surface area (Å²) >= 11 is 0. The largest absolute Gasteiger partial charge is 0.385 e. The number of rotatable bonds is 1. The molecule has 1 saturated carbocycles.